The van der Waals surface area contributed by atoms with Crippen LogP contribution < -0.4 is 5.32 Å². The highest BCUT2D eigenvalue weighted by Crippen LogP contribution is 2.42. The summed E-state index contributed by atoms with van der Waals surface area (Å²) >= 11 is 0.534. The Morgan fingerprint density at radius 3 is 2.47 bits per heavy atom. The van der Waals surface area contributed by atoms with E-state index in [1.54, 1.807) is 6.92 Å². The molecule has 3 heterocycles. The van der Waals surface area contributed by atoms with Crippen LogP contribution in [0, 0.1) is 0 Å². The van der Waals surface area contributed by atoms with Crippen molar-refractivity contribution in [3.8, 4) is 10.4 Å². The number of halogens is 6. The molecule has 0 bridgehead atoms. The number of aromatic nitrogens is 2. The Hall–Kier alpha value is -2.90. The predicted octanol–water partition coefficient (Wildman–Crippen LogP) is 5.78. The van der Waals surface area contributed by atoms with Gasteiger partial charge >= 0.3 is 18.3 Å². The number of pyridine rings is 1. The fourth-order valence-electron chi connectivity index (χ4n) is 3.84. The fourth-order valence-corrected chi connectivity index (χ4v) is 4.82. The number of anilines is 1. The van der Waals surface area contributed by atoms with Gasteiger partial charge in [-0.1, -0.05) is 6.92 Å². The molecule has 198 valence electrons. The Morgan fingerprint density at radius 1 is 1.25 bits per heavy atom. The largest absolute Gasteiger partial charge is 0.461 e. The van der Waals surface area contributed by atoms with Crippen LogP contribution in [0.15, 0.2) is 12.3 Å². The average molecular weight is 539 g/mol. The summed E-state index contributed by atoms with van der Waals surface area (Å²) in [4.78, 5) is 34.5. The Balaban J connectivity index is 2.14. The van der Waals surface area contributed by atoms with Gasteiger partial charge in [-0.2, -0.15) is 26.3 Å². The van der Waals surface area contributed by atoms with E-state index < -0.39 is 53.6 Å². The summed E-state index contributed by atoms with van der Waals surface area (Å²) in [5.41, 5.74) is -2.26. The van der Waals surface area contributed by atoms with Gasteiger partial charge in [-0.3, -0.25) is 4.79 Å². The molecule has 2 atom stereocenters. The standard InChI is InChI=1S/C22H24F6N4O3S/c1-4-14(22(26,27)28)30-15-9-13(21(23,24)25)12(10-29-15)17-16(19(33)32-8-6-7-11(32)3)31-18(36-17)20(34)35-5-2/h9-11,14H,4-8H2,1-3H3,(H,29,30)/t11-,14?/m0/s1. The van der Waals surface area contributed by atoms with Gasteiger partial charge < -0.3 is 15.0 Å². The van der Waals surface area contributed by atoms with Crippen molar-refractivity contribution in [2.75, 3.05) is 18.5 Å². The molecule has 36 heavy (non-hydrogen) atoms. The van der Waals surface area contributed by atoms with Crippen LogP contribution in [0.3, 0.4) is 0 Å². The van der Waals surface area contributed by atoms with Crippen molar-refractivity contribution in [1.82, 2.24) is 14.9 Å². The maximum Gasteiger partial charge on any atom is 0.417 e. The van der Waals surface area contributed by atoms with Crippen LogP contribution in [-0.2, 0) is 10.9 Å². The van der Waals surface area contributed by atoms with E-state index >= 15 is 0 Å². The van der Waals surface area contributed by atoms with Gasteiger partial charge in [0.25, 0.3) is 5.91 Å². The zero-order valence-corrected chi connectivity index (χ0v) is 20.4. The van der Waals surface area contributed by atoms with Crippen LogP contribution in [0.1, 0.15) is 65.9 Å². The molecule has 0 saturated carbocycles. The number of hydrogen-bond donors (Lipinski definition) is 1. The van der Waals surface area contributed by atoms with Crippen LogP contribution in [-0.4, -0.2) is 58.2 Å². The van der Waals surface area contributed by atoms with Gasteiger partial charge in [0.15, 0.2) is 0 Å². The van der Waals surface area contributed by atoms with Crippen LogP contribution in [0.25, 0.3) is 10.4 Å². The summed E-state index contributed by atoms with van der Waals surface area (Å²) in [5.74, 6) is -2.19. The lowest BCUT2D eigenvalue weighted by molar-refractivity contribution is -0.142. The summed E-state index contributed by atoms with van der Waals surface area (Å²) in [5, 5.41) is 1.67. The van der Waals surface area contributed by atoms with Crippen molar-refractivity contribution in [3.63, 3.8) is 0 Å². The first-order valence-corrected chi connectivity index (χ1v) is 12.0. The number of esters is 1. The average Bonchev–Trinajstić information content (AvgIpc) is 3.42. The topological polar surface area (TPSA) is 84.4 Å². The minimum Gasteiger partial charge on any atom is -0.461 e. The van der Waals surface area contributed by atoms with E-state index in [1.165, 1.54) is 18.7 Å². The van der Waals surface area contributed by atoms with Gasteiger partial charge in [-0.15, -0.1) is 11.3 Å². The fraction of sp³-hybridized carbons (Fsp3) is 0.545. The van der Waals surface area contributed by atoms with Gasteiger partial charge in [-0.05, 0) is 39.2 Å². The van der Waals surface area contributed by atoms with E-state index in [-0.39, 0.29) is 28.2 Å². The highest BCUT2D eigenvalue weighted by molar-refractivity contribution is 7.17. The zero-order chi connectivity index (χ0) is 26.8. The number of rotatable bonds is 7. The van der Waals surface area contributed by atoms with E-state index in [2.05, 4.69) is 9.97 Å². The van der Waals surface area contributed by atoms with Gasteiger partial charge in [-0.25, -0.2) is 14.8 Å². The monoisotopic (exact) mass is 538 g/mol. The molecule has 1 aliphatic rings. The number of carbonyl (C=O) groups excluding carboxylic acids is 2. The Bertz CT molecular complexity index is 1120. The molecular weight excluding hydrogens is 514 g/mol. The molecule has 1 saturated heterocycles. The summed E-state index contributed by atoms with van der Waals surface area (Å²) in [6.07, 6.45) is -8.01. The molecule has 14 heteroatoms. The van der Waals surface area contributed by atoms with Gasteiger partial charge in [0.2, 0.25) is 5.01 Å². The molecule has 0 radical (unpaired) electrons. The van der Waals surface area contributed by atoms with E-state index in [1.807, 2.05) is 5.32 Å². The molecule has 0 aromatic carbocycles. The minimum absolute atomic E-state index is 0.0201. The maximum atomic E-state index is 14.1. The Kier molecular flexibility index (Phi) is 8.16. The molecule has 0 spiro atoms. The minimum atomic E-state index is -5.01. The number of likely N-dealkylation sites (tertiary alicyclic amines) is 1. The number of thiazole rings is 1. The zero-order valence-electron chi connectivity index (χ0n) is 19.6. The van der Waals surface area contributed by atoms with Crippen LogP contribution in [0.4, 0.5) is 32.2 Å². The third kappa shape index (κ3) is 5.90. The predicted molar refractivity (Wildman–Crippen MR) is 120 cm³/mol. The van der Waals surface area contributed by atoms with Crippen molar-refractivity contribution in [3.05, 3.63) is 28.5 Å². The van der Waals surface area contributed by atoms with E-state index in [4.69, 9.17) is 4.74 Å². The summed E-state index contributed by atoms with van der Waals surface area (Å²) in [7, 11) is 0. The van der Waals surface area contributed by atoms with E-state index in [0.29, 0.717) is 36.8 Å². The molecule has 1 N–H and O–H groups in total. The SMILES string of the molecule is CCOC(=O)c1nc(C(=O)N2CCC[C@@H]2C)c(-c2cnc(NC(CC)C(F)(F)F)cc2C(F)(F)F)s1. The molecule has 2 aromatic rings. The van der Waals surface area contributed by atoms with Gasteiger partial charge in [0, 0.05) is 24.3 Å². The molecule has 1 aliphatic heterocycles. The van der Waals surface area contributed by atoms with E-state index in [9.17, 15) is 35.9 Å². The van der Waals surface area contributed by atoms with Crippen LogP contribution >= 0.6 is 11.3 Å². The molecule has 2 aromatic heterocycles. The number of hydrogen-bond acceptors (Lipinski definition) is 7. The molecule has 7 nitrogen and oxygen atoms in total. The number of carbonyl (C=O) groups is 2. The molecule has 3 rings (SSSR count). The molecule has 0 aliphatic carbocycles. The molecule has 1 amide bonds. The molecular formula is C22H24F6N4O3S. The van der Waals surface area contributed by atoms with Crippen molar-refractivity contribution in [1.29, 1.82) is 0 Å². The number of amides is 1. The smallest absolute Gasteiger partial charge is 0.417 e. The van der Waals surface area contributed by atoms with Gasteiger partial charge in [0.05, 0.1) is 17.0 Å². The number of alkyl halides is 6. The summed E-state index contributed by atoms with van der Waals surface area (Å²) in [6, 6.07) is -1.83. The molecule has 1 unspecified atom stereocenters. The number of nitrogens with zero attached hydrogens (tertiary/aromatic N) is 3. The third-order valence-electron chi connectivity index (χ3n) is 5.67. The maximum absolute atomic E-state index is 14.1. The van der Waals surface area contributed by atoms with Crippen molar-refractivity contribution in [2.45, 2.75) is 64.5 Å². The highest BCUT2D eigenvalue weighted by atomic mass is 32.1. The highest BCUT2D eigenvalue weighted by Gasteiger charge is 2.41. The lowest BCUT2D eigenvalue weighted by atomic mass is 10.1. The number of nitrogens with one attached hydrogen (secondary N) is 1. The summed E-state index contributed by atoms with van der Waals surface area (Å²) < 4.78 is 86.5. The molecule has 1 fully saturated rings. The van der Waals surface area contributed by atoms with Crippen LogP contribution in [0.2, 0.25) is 0 Å². The Labute approximate surface area is 206 Å². The van der Waals surface area contributed by atoms with E-state index in [0.717, 1.165) is 6.20 Å². The van der Waals surface area contributed by atoms with Crippen molar-refractivity contribution in [2.24, 2.45) is 0 Å². The first-order valence-electron chi connectivity index (χ1n) is 11.2. The van der Waals surface area contributed by atoms with Crippen molar-refractivity contribution < 1.29 is 40.7 Å². The second kappa shape index (κ2) is 10.6. The Morgan fingerprint density at radius 2 is 1.94 bits per heavy atom. The summed E-state index contributed by atoms with van der Waals surface area (Å²) in [6.45, 7) is 4.90. The normalized spacial score (nSPS) is 17.2. The lowest BCUT2D eigenvalue weighted by Crippen LogP contribution is -2.35. The second-order valence-electron chi connectivity index (χ2n) is 8.17. The first kappa shape index (κ1) is 27.7. The quantitative estimate of drug-likeness (QED) is 0.356. The van der Waals surface area contributed by atoms with Crippen molar-refractivity contribution >= 4 is 29.0 Å². The third-order valence-corrected chi connectivity index (χ3v) is 6.74. The second-order valence-corrected chi connectivity index (χ2v) is 9.17. The number of ether oxygens (including phenoxy) is 1. The first-order chi connectivity index (χ1) is 16.8. The lowest BCUT2D eigenvalue weighted by Gasteiger charge is -2.22. The van der Waals surface area contributed by atoms with Crippen LogP contribution in [0.5, 0.6) is 0 Å². The van der Waals surface area contributed by atoms with Gasteiger partial charge in [0.1, 0.15) is 17.6 Å².